The molecular formula is C13H17Cl2NO2. The van der Waals surface area contributed by atoms with Crippen molar-refractivity contribution in [1.82, 2.24) is 4.90 Å². The Bertz CT molecular complexity index is 365. The molecular weight excluding hydrogens is 273 g/mol. The number of likely N-dealkylation sites (tertiary alicyclic amines) is 1. The molecule has 0 bridgehead atoms. The van der Waals surface area contributed by atoms with Crippen LogP contribution >= 0.6 is 24.0 Å². The molecule has 0 saturated carbocycles. The van der Waals surface area contributed by atoms with E-state index < -0.39 is 5.43 Å². The van der Waals surface area contributed by atoms with Gasteiger partial charge in [0.15, 0.2) is 0 Å². The molecule has 0 radical (unpaired) electrons. The van der Waals surface area contributed by atoms with E-state index in [0.29, 0.717) is 0 Å². The van der Waals surface area contributed by atoms with Gasteiger partial charge in [0.1, 0.15) is 6.10 Å². The van der Waals surface area contributed by atoms with E-state index in [4.69, 9.17) is 16.3 Å². The molecule has 5 heteroatoms. The average molecular weight is 290 g/mol. The molecule has 0 unspecified atom stereocenters. The largest absolute Gasteiger partial charge is 0.450 e. The highest BCUT2D eigenvalue weighted by molar-refractivity contribution is 6.61. The van der Waals surface area contributed by atoms with Crippen molar-refractivity contribution in [2.45, 2.75) is 25.5 Å². The number of ether oxygens (including phenoxy) is 1. The fourth-order valence-corrected chi connectivity index (χ4v) is 2.28. The van der Waals surface area contributed by atoms with Crippen molar-refractivity contribution in [2.75, 3.05) is 13.1 Å². The molecule has 2 rings (SSSR count). The van der Waals surface area contributed by atoms with Gasteiger partial charge < -0.3 is 4.74 Å². The molecule has 1 aliphatic rings. The van der Waals surface area contributed by atoms with E-state index in [1.807, 2.05) is 6.07 Å². The van der Waals surface area contributed by atoms with Crippen molar-refractivity contribution in [3.63, 3.8) is 0 Å². The summed E-state index contributed by atoms with van der Waals surface area (Å²) < 4.78 is 4.99. The molecule has 1 fully saturated rings. The molecule has 0 spiro atoms. The maximum Gasteiger partial charge on any atom is 0.404 e. The van der Waals surface area contributed by atoms with Crippen LogP contribution in [0.3, 0.4) is 0 Å². The van der Waals surface area contributed by atoms with Gasteiger partial charge >= 0.3 is 5.43 Å². The zero-order valence-electron chi connectivity index (χ0n) is 10.0. The third-order valence-corrected chi connectivity index (χ3v) is 3.13. The average Bonchev–Trinajstić information content (AvgIpc) is 2.32. The van der Waals surface area contributed by atoms with E-state index in [2.05, 4.69) is 29.2 Å². The van der Waals surface area contributed by atoms with Crippen LogP contribution in [-0.4, -0.2) is 29.5 Å². The molecule has 18 heavy (non-hydrogen) atoms. The Morgan fingerprint density at radius 1 is 1.28 bits per heavy atom. The lowest BCUT2D eigenvalue weighted by Crippen LogP contribution is -2.36. The number of rotatable bonds is 3. The quantitative estimate of drug-likeness (QED) is 0.799. The van der Waals surface area contributed by atoms with Crippen LogP contribution in [-0.2, 0) is 11.3 Å². The van der Waals surface area contributed by atoms with Gasteiger partial charge in [0.25, 0.3) is 0 Å². The monoisotopic (exact) mass is 289 g/mol. The van der Waals surface area contributed by atoms with E-state index in [1.165, 1.54) is 5.56 Å². The first-order valence-corrected chi connectivity index (χ1v) is 6.24. The molecule has 1 aromatic carbocycles. The number of nitrogens with zero attached hydrogens (tertiary/aromatic N) is 1. The lowest BCUT2D eigenvalue weighted by atomic mass is 10.1. The molecule has 100 valence electrons. The maximum absolute atomic E-state index is 10.6. The van der Waals surface area contributed by atoms with Gasteiger partial charge in [-0.25, -0.2) is 4.79 Å². The molecule has 1 saturated heterocycles. The van der Waals surface area contributed by atoms with Crippen molar-refractivity contribution >= 4 is 29.4 Å². The second-order valence-electron chi connectivity index (χ2n) is 4.32. The number of hydrogen-bond donors (Lipinski definition) is 0. The van der Waals surface area contributed by atoms with Crippen molar-refractivity contribution < 1.29 is 9.53 Å². The lowest BCUT2D eigenvalue weighted by Gasteiger charge is -2.31. The second-order valence-corrected chi connectivity index (χ2v) is 4.63. The van der Waals surface area contributed by atoms with Crippen molar-refractivity contribution in [3.8, 4) is 0 Å². The fourth-order valence-electron chi connectivity index (χ4n) is 2.16. The standard InChI is InChI=1S/C13H16ClNO2.ClH/c14-13(16)17-12-6-8-15(9-7-12)10-11-4-2-1-3-5-11;/h1-5,12H,6-10H2;1H. The fraction of sp³-hybridized carbons (Fsp3) is 0.462. The summed E-state index contributed by atoms with van der Waals surface area (Å²) in [6.07, 6.45) is 1.73. The molecule has 0 aromatic heterocycles. The zero-order chi connectivity index (χ0) is 12.1. The highest BCUT2D eigenvalue weighted by atomic mass is 35.5. The molecule has 1 heterocycles. The minimum absolute atomic E-state index is 0. The van der Waals surface area contributed by atoms with Gasteiger partial charge in [-0.05, 0) is 18.4 Å². The molecule has 1 aromatic rings. The third-order valence-electron chi connectivity index (χ3n) is 3.04. The number of halogens is 2. The minimum Gasteiger partial charge on any atom is -0.450 e. The topological polar surface area (TPSA) is 29.5 Å². The van der Waals surface area contributed by atoms with Crippen molar-refractivity contribution in [3.05, 3.63) is 35.9 Å². The van der Waals surface area contributed by atoms with Crippen LogP contribution in [0.15, 0.2) is 30.3 Å². The first-order valence-electron chi connectivity index (χ1n) is 5.86. The maximum atomic E-state index is 10.6. The van der Waals surface area contributed by atoms with E-state index in [-0.39, 0.29) is 18.5 Å². The summed E-state index contributed by atoms with van der Waals surface area (Å²) in [5.41, 5.74) is 0.631. The van der Waals surface area contributed by atoms with Gasteiger partial charge in [0, 0.05) is 31.2 Å². The summed E-state index contributed by atoms with van der Waals surface area (Å²) in [5.74, 6) is 0. The number of carbonyl (C=O) groups excluding carboxylic acids is 1. The Morgan fingerprint density at radius 3 is 2.44 bits per heavy atom. The molecule has 0 amide bonds. The van der Waals surface area contributed by atoms with E-state index in [0.717, 1.165) is 32.5 Å². The SMILES string of the molecule is Cl.O=C(Cl)OC1CCN(Cc2ccccc2)CC1. The Morgan fingerprint density at radius 2 is 1.89 bits per heavy atom. The van der Waals surface area contributed by atoms with E-state index in [1.54, 1.807) is 0 Å². The molecule has 3 nitrogen and oxygen atoms in total. The van der Waals surface area contributed by atoms with Crippen LogP contribution in [0.5, 0.6) is 0 Å². The third kappa shape index (κ3) is 4.84. The van der Waals surface area contributed by atoms with Gasteiger partial charge in [0.05, 0.1) is 0 Å². The predicted molar refractivity (Wildman–Crippen MR) is 74.3 cm³/mol. The Kier molecular flexibility index (Phi) is 6.47. The van der Waals surface area contributed by atoms with Crippen LogP contribution in [0.25, 0.3) is 0 Å². The predicted octanol–water partition coefficient (Wildman–Crippen LogP) is 3.45. The Labute approximate surface area is 118 Å². The van der Waals surface area contributed by atoms with Gasteiger partial charge in [-0.3, -0.25) is 4.90 Å². The highest BCUT2D eigenvalue weighted by Crippen LogP contribution is 2.16. The summed E-state index contributed by atoms with van der Waals surface area (Å²) >= 11 is 5.20. The van der Waals surface area contributed by atoms with Crippen LogP contribution < -0.4 is 0 Å². The number of hydrogen-bond acceptors (Lipinski definition) is 3. The molecule has 0 aliphatic carbocycles. The summed E-state index contributed by atoms with van der Waals surface area (Å²) in [7, 11) is 0. The van der Waals surface area contributed by atoms with E-state index >= 15 is 0 Å². The first kappa shape index (κ1) is 15.3. The van der Waals surface area contributed by atoms with Crippen molar-refractivity contribution in [2.24, 2.45) is 0 Å². The van der Waals surface area contributed by atoms with Crippen molar-refractivity contribution in [1.29, 1.82) is 0 Å². The van der Waals surface area contributed by atoms with Gasteiger partial charge in [0.2, 0.25) is 0 Å². The summed E-state index contributed by atoms with van der Waals surface area (Å²) in [4.78, 5) is 13.0. The van der Waals surface area contributed by atoms with Crippen LogP contribution in [0.2, 0.25) is 0 Å². The lowest BCUT2D eigenvalue weighted by molar-refractivity contribution is 0.0630. The molecule has 1 aliphatic heterocycles. The zero-order valence-corrected chi connectivity index (χ0v) is 11.6. The molecule has 0 atom stereocenters. The Balaban J connectivity index is 0.00000162. The highest BCUT2D eigenvalue weighted by Gasteiger charge is 2.21. The summed E-state index contributed by atoms with van der Waals surface area (Å²) in [6, 6.07) is 10.4. The first-order chi connectivity index (χ1) is 8.24. The number of carbonyl (C=O) groups is 1. The van der Waals surface area contributed by atoms with E-state index in [9.17, 15) is 4.79 Å². The Hall–Kier alpha value is -0.770. The minimum atomic E-state index is -0.688. The van der Waals surface area contributed by atoms with Gasteiger partial charge in [-0.2, -0.15) is 0 Å². The second kappa shape index (κ2) is 7.62. The number of piperidine rings is 1. The van der Waals surface area contributed by atoms with Gasteiger partial charge in [-0.1, -0.05) is 30.3 Å². The smallest absolute Gasteiger partial charge is 0.404 e. The summed E-state index contributed by atoms with van der Waals surface area (Å²) in [5, 5.41) is 0. The number of benzene rings is 1. The summed E-state index contributed by atoms with van der Waals surface area (Å²) in [6.45, 7) is 2.86. The molecule has 0 N–H and O–H groups in total. The van der Waals surface area contributed by atoms with Gasteiger partial charge in [-0.15, -0.1) is 12.4 Å². The van der Waals surface area contributed by atoms with Crippen LogP contribution in [0.1, 0.15) is 18.4 Å². The van der Waals surface area contributed by atoms with Crippen LogP contribution in [0.4, 0.5) is 4.79 Å². The normalized spacial score (nSPS) is 16.9. The van der Waals surface area contributed by atoms with Crippen LogP contribution in [0, 0.1) is 0 Å².